The molecule has 0 bridgehead atoms. The summed E-state index contributed by atoms with van der Waals surface area (Å²) in [7, 11) is 1.79. The molecule has 0 aliphatic carbocycles. The van der Waals surface area contributed by atoms with Crippen LogP contribution in [0.2, 0.25) is 5.02 Å². The summed E-state index contributed by atoms with van der Waals surface area (Å²) >= 11 is 6.18. The summed E-state index contributed by atoms with van der Waals surface area (Å²) in [6.45, 7) is 1.82. The van der Waals surface area contributed by atoms with Gasteiger partial charge in [-0.05, 0) is 25.1 Å². The number of rotatable bonds is 3. The van der Waals surface area contributed by atoms with Crippen LogP contribution in [0.4, 0.5) is 0 Å². The first-order valence-corrected chi connectivity index (χ1v) is 6.86. The van der Waals surface area contributed by atoms with Gasteiger partial charge in [-0.25, -0.2) is 0 Å². The van der Waals surface area contributed by atoms with E-state index in [1.54, 1.807) is 42.3 Å². The zero-order chi connectivity index (χ0) is 15.0. The Morgan fingerprint density at radius 1 is 1.24 bits per heavy atom. The number of hydrogen-bond donors (Lipinski definition) is 0. The molecule has 0 aliphatic heterocycles. The van der Waals surface area contributed by atoms with Gasteiger partial charge in [0.15, 0.2) is 5.78 Å². The standard InChI is InChI=1S/C15H13ClN4O/c1-9-15(16)13(20(2)19-9)8-14(21)10-3-4-11-12(7-10)18-6-5-17-11/h3-7H,8H2,1-2H3. The molecule has 2 aromatic heterocycles. The number of fused-ring (bicyclic) bond motifs is 1. The molecular weight excluding hydrogens is 288 g/mol. The molecule has 0 unspecified atom stereocenters. The molecule has 0 saturated carbocycles. The van der Waals surface area contributed by atoms with Gasteiger partial charge >= 0.3 is 0 Å². The molecule has 106 valence electrons. The molecule has 21 heavy (non-hydrogen) atoms. The number of aromatic nitrogens is 4. The molecule has 0 amide bonds. The van der Waals surface area contributed by atoms with Gasteiger partial charge in [-0.2, -0.15) is 5.10 Å². The highest BCUT2D eigenvalue weighted by molar-refractivity contribution is 6.32. The average Bonchev–Trinajstić information content (AvgIpc) is 2.73. The fourth-order valence-electron chi connectivity index (χ4n) is 2.26. The fourth-order valence-corrected chi connectivity index (χ4v) is 2.49. The topological polar surface area (TPSA) is 60.7 Å². The predicted octanol–water partition coefficient (Wildman–Crippen LogP) is 2.75. The van der Waals surface area contributed by atoms with E-state index in [0.717, 1.165) is 16.9 Å². The van der Waals surface area contributed by atoms with Crippen molar-refractivity contribution in [1.29, 1.82) is 0 Å². The van der Waals surface area contributed by atoms with Crippen LogP contribution in [0.3, 0.4) is 0 Å². The van der Waals surface area contributed by atoms with Gasteiger partial charge in [0.25, 0.3) is 0 Å². The van der Waals surface area contributed by atoms with Crippen molar-refractivity contribution in [2.24, 2.45) is 7.05 Å². The zero-order valence-electron chi connectivity index (χ0n) is 11.7. The van der Waals surface area contributed by atoms with E-state index in [0.29, 0.717) is 16.1 Å². The number of halogens is 1. The van der Waals surface area contributed by atoms with Crippen molar-refractivity contribution >= 4 is 28.4 Å². The van der Waals surface area contributed by atoms with Gasteiger partial charge in [0.05, 0.1) is 33.9 Å². The summed E-state index contributed by atoms with van der Waals surface area (Å²) in [6, 6.07) is 5.31. The zero-order valence-corrected chi connectivity index (χ0v) is 12.4. The second-order valence-electron chi connectivity index (χ2n) is 4.83. The highest BCUT2D eigenvalue weighted by Crippen LogP contribution is 2.21. The maximum atomic E-state index is 12.4. The summed E-state index contributed by atoms with van der Waals surface area (Å²) in [4.78, 5) is 20.8. The van der Waals surface area contributed by atoms with E-state index in [-0.39, 0.29) is 12.2 Å². The molecule has 3 aromatic rings. The number of nitrogens with zero attached hydrogens (tertiary/aromatic N) is 4. The van der Waals surface area contributed by atoms with Gasteiger partial charge in [0.1, 0.15) is 0 Å². The number of ketones is 1. The van der Waals surface area contributed by atoms with Crippen LogP contribution in [-0.4, -0.2) is 25.5 Å². The third-order valence-electron chi connectivity index (χ3n) is 3.38. The molecule has 0 spiro atoms. The number of benzene rings is 1. The molecule has 5 nitrogen and oxygen atoms in total. The Morgan fingerprint density at radius 3 is 2.62 bits per heavy atom. The van der Waals surface area contributed by atoms with Crippen LogP contribution < -0.4 is 0 Å². The van der Waals surface area contributed by atoms with E-state index in [1.165, 1.54) is 0 Å². The van der Waals surface area contributed by atoms with E-state index in [2.05, 4.69) is 15.1 Å². The first kappa shape index (κ1) is 13.7. The van der Waals surface area contributed by atoms with Crippen LogP contribution in [0.25, 0.3) is 11.0 Å². The summed E-state index contributed by atoms with van der Waals surface area (Å²) in [5.74, 6) is -0.0209. The Morgan fingerprint density at radius 2 is 1.95 bits per heavy atom. The van der Waals surface area contributed by atoms with Crippen LogP contribution in [-0.2, 0) is 13.5 Å². The maximum absolute atomic E-state index is 12.4. The van der Waals surface area contributed by atoms with Crippen molar-refractivity contribution in [3.05, 3.63) is 52.6 Å². The number of aryl methyl sites for hydroxylation is 2. The lowest BCUT2D eigenvalue weighted by Crippen LogP contribution is -2.08. The van der Waals surface area contributed by atoms with Crippen molar-refractivity contribution in [3.63, 3.8) is 0 Å². The quantitative estimate of drug-likeness (QED) is 0.698. The van der Waals surface area contributed by atoms with E-state index >= 15 is 0 Å². The minimum atomic E-state index is -0.0209. The first-order chi connectivity index (χ1) is 10.1. The monoisotopic (exact) mass is 300 g/mol. The number of carbonyl (C=O) groups is 1. The predicted molar refractivity (Wildman–Crippen MR) is 80.5 cm³/mol. The van der Waals surface area contributed by atoms with Gasteiger partial charge in [-0.15, -0.1) is 0 Å². The first-order valence-electron chi connectivity index (χ1n) is 6.48. The molecule has 0 radical (unpaired) electrons. The highest BCUT2D eigenvalue weighted by atomic mass is 35.5. The lowest BCUT2D eigenvalue weighted by Gasteiger charge is -2.04. The normalized spacial score (nSPS) is 11.0. The number of carbonyl (C=O) groups excluding carboxylic acids is 1. The van der Waals surface area contributed by atoms with Gasteiger partial charge in [-0.1, -0.05) is 11.6 Å². The summed E-state index contributed by atoms with van der Waals surface area (Å²) < 4.78 is 1.65. The summed E-state index contributed by atoms with van der Waals surface area (Å²) in [5.41, 5.74) is 3.52. The third-order valence-corrected chi connectivity index (χ3v) is 3.87. The van der Waals surface area contributed by atoms with Gasteiger partial charge in [0.2, 0.25) is 0 Å². The Bertz CT molecular complexity index is 841. The Labute approximate surface area is 126 Å². The van der Waals surface area contributed by atoms with Crippen molar-refractivity contribution in [1.82, 2.24) is 19.7 Å². The van der Waals surface area contributed by atoms with E-state index < -0.39 is 0 Å². The van der Waals surface area contributed by atoms with Crippen molar-refractivity contribution in [2.45, 2.75) is 13.3 Å². The van der Waals surface area contributed by atoms with Crippen molar-refractivity contribution in [2.75, 3.05) is 0 Å². The van der Waals surface area contributed by atoms with Crippen LogP contribution in [0.1, 0.15) is 21.7 Å². The van der Waals surface area contributed by atoms with Gasteiger partial charge in [0, 0.05) is 25.0 Å². The summed E-state index contributed by atoms with van der Waals surface area (Å²) in [5, 5.41) is 4.77. The second kappa shape index (κ2) is 5.26. The molecule has 0 N–H and O–H groups in total. The molecule has 1 aromatic carbocycles. The van der Waals surface area contributed by atoms with Crippen molar-refractivity contribution < 1.29 is 4.79 Å². The molecule has 6 heteroatoms. The van der Waals surface area contributed by atoms with E-state index in [1.807, 2.05) is 6.92 Å². The van der Waals surface area contributed by atoms with Gasteiger partial charge < -0.3 is 0 Å². The minimum Gasteiger partial charge on any atom is -0.294 e. The van der Waals surface area contributed by atoms with Crippen LogP contribution in [0, 0.1) is 6.92 Å². The Balaban J connectivity index is 1.93. The second-order valence-corrected chi connectivity index (χ2v) is 5.21. The summed E-state index contributed by atoms with van der Waals surface area (Å²) in [6.07, 6.45) is 3.45. The van der Waals surface area contributed by atoms with Gasteiger partial charge in [-0.3, -0.25) is 19.4 Å². The van der Waals surface area contributed by atoms with E-state index in [4.69, 9.17) is 11.6 Å². The maximum Gasteiger partial charge on any atom is 0.168 e. The lowest BCUT2D eigenvalue weighted by atomic mass is 10.1. The molecule has 0 atom stereocenters. The van der Waals surface area contributed by atoms with Crippen LogP contribution in [0.5, 0.6) is 0 Å². The largest absolute Gasteiger partial charge is 0.294 e. The van der Waals surface area contributed by atoms with E-state index in [9.17, 15) is 4.79 Å². The number of hydrogen-bond acceptors (Lipinski definition) is 4. The van der Waals surface area contributed by atoms with Crippen molar-refractivity contribution in [3.8, 4) is 0 Å². The SMILES string of the molecule is Cc1nn(C)c(CC(=O)c2ccc3nccnc3c2)c1Cl. The third kappa shape index (κ3) is 2.52. The number of Topliss-reactive ketones (excluding diaryl/α,β-unsaturated/α-hetero) is 1. The molecular formula is C15H13ClN4O. The molecule has 0 fully saturated rings. The minimum absolute atomic E-state index is 0.0209. The van der Waals surface area contributed by atoms with Crippen LogP contribution in [0.15, 0.2) is 30.6 Å². The smallest absolute Gasteiger partial charge is 0.168 e. The molecule has 2 heterocycles. The van der Waals surface area contributed by atoms with Crippen LogP contribution >= 0.6 is 11.6 Å². The molecule has 0 saturated heterocycles. The highest BCUT2D eigenvalue weighted by Gasteiger charge is 2.16. The average molecular weight is 301 g/mol. The lowest BCUT2D eigenvalue weighted by molar-refractivity contribution is 0.0991. The fraction of sp³-hybridized carbons (Fsp3) is 0.200. The molecule has 3 rings (SSSR count). The molecule has 0 aliphatic rings. The Kier molecular flexibility index (Phi) is 3.43. The Hall–Kier alpha value is -2.27.